The highest BCUT2D eigenvalue weighted by molar-refractivity contribution is 7.99. The van der Waals surface area contributed by atoms with Gasteiger partial charge in [0.25, 0.3) is 0 Å². The van der Waals surface area contributed by atoms with Gasteiger partial charge >= 0.3 is 0 Å². The number of hydrogen-bond acceptors (Lipinski definition) is 4. The van der Waals surface area contributed by atoms with Crippen molar-refractivity contribution in [2.24, 2.45) is 0 Å². The average Bonchev–Trinajstić information content (AvgIpc) is 2.93. The van der Waals surface area contributed by atoms with E-state index in [2.05, 4.69) is 10.6 Å². The second-order valence-corrected chi connectivity index (χ2v) is 5.38. The lowest BCUT2D eigenvalue weighted by Crippen LogP contribution is -2.48. The van der Waals surface area contributed by atoms with E-state index < -0.39 is 0 Å². The topological polar surface area (TPSA) is 61.4 Å². The summed E-state index contributed by atoms with van der Waals surface area (Å²) >= 11 is 1.71. The van der Waals surface area contributed by atoms with Crippen LogP contribution < -0.4 is 10.6 Å². The highest BCUT2D eigenvalue weighted by atomic mass is 32.2. The summed E-state index contributed by atoms with van der Waals surface area (Å²) in [4.78, 5) is 11.9. The Labute approximate surface area is 111 Å². The highest BCUT2D eigenvalue weighted by Gasteiger charge is 2.24. The third-order valence-corrected chi connectivity index (χ3v) is 3.86. The highest BCUT2D eigenvalue weighted by Crippen LogP contribution is 2.10. The van der Waals surface area contributed by atoms with Crippen LogP contribution in [0.25, 0.3) is 0 Å². The molecule has 1 aromatic rings. The normalized spacial score (nSPS) is 20.6. The summed E-state index contributed by atoms with van der Waals surface area (Å²) in [5.74, 6) is 1.60. The molecule has 0 saturated carbocycles. The lowest BCUT2D eigenvalue weighted by atomic mass is 10.1. The van der Waals surface area contributed by atoms with Gasteiger partial charge < -0.3 is 10.4 Å². The monoisotopic (exact) mass is 266 g/mol. The van der Waals surface area contributed by atoms with E-state index in [-0.39, 0.29) is 24.6 Å². The fourth-order valence-electron chi connectivity index (χ4n) is 1.93. The zero-order valence-electron chi connectivity index (χ0n) is 10.1. The van der Waals surface area contributed by atoms with Gasteiger partial charge in [-0.15, -0.1) is 11.8 Å². The number of amides is 1. The Hall–Kier alpha value is -1.04. The third kappa shape index (κ3) is 3.73. The number of carbonyl (C=O) groups is 1. The minimum atomic E-state index is -0.215. The lowest BCUT2D eigenvalue weighted by Gasteiger charge is -2.18. The lowest BCUT2D eigenvalue weighted by molar-refractivity contribution is -0.123. The summed E-state index contributed by atoms with van der Waals surface area (Å²) in [6.07, 6.45) is 0.656. The molecule has 1 aromatic carbocycles. The van der Waals surface area contributed by atoms with Crippen LogP contribution >= 0.6 is 11.8 Å². The van der Waals surface area contributed by atoms with Crippen molar-refractivity contribution in [2.45, 2.75) is 18.5 Å². The summed E-state index contributed by atoms with van der Waals surface area (Å²) in [7, 11) is 0. The maximum atomic E-state index is 11.9. The van der Waals surface area contributed by atoms with Crippen molar-refractivity contribution in [1.29, 1.82) is 0 Å². The average molecular weight is 266 g/mol. The zero-order valence-corrected chi connectivity index (χ0v) is 11.0. The van der Waals surface area contributed by atoms with Crippen LogP contribution in [0.3, 0.4) is 0 Å². The molecule has 0 aliphatic carbocycles. The van der Waals surface area contributed by atoms with Gasteiger partial charge in [-0.1, -0.05) is 30.3 Å². The van der Waals surface area contributed by atoms with E-state index in [1.54, 1.807) is 11.8 Å². The minimum Gasteiger partial charge on any atom is -0.394 e. The van der Waals surface area contributed by atoms with Gasteiger partial charge in [0, 0.05) is 11.6 Å². The summed E-state index contributed by atoms with van der Waals surface area (Å²) in [5.41, 5.74) is 1.12. The van der Waals surface area contributed by atoms with Crippen molar-refractivity contribution in [1.82, 2.24) is 10.6 Å². The quantitative estimate of drug-likeness (QED) is 0.720. The second-order valence-electron chi connectivity index (χ2n) is 4.35. The maximum Gasteiger partial charge on any atom is 0.238 e. The molecule has 98 valence electrons. The van der Waals surface area contributed by atoms with Gasteiger partial charge in [0.15, 0.2) is 0 Å². The fraction of sp³-hybridized carbons (Fsp3) is 0.462. The molecule has 1 amide bonds. The number of benzene rings is 1. The van der Waals surface area contributed by atoms with Gasteiger partial charge in [0.1, 0.15) is 0 Å². The van der Waals surface area contributed by atoms with Crippen molar-refractivity contribution >= 4 is 17.7 Å². The zero-order chi connectivity index (χ0) is 12.8. The van der Waals surface area contributed by atoms with Crippen molar-refractivity contribution < 1.29 is 9.90 Å². The number of aliphatic hydroxyl groups is 1. The standard InChI is InChI=1S/C13H18N2O2S/c16-7-11(6-10-4-2-1-3-5-10)15-13(17)12-8-18-9-14-12/h1-5,11-12,14,16H,6-9H2,(H,15,17)/t11-,12?/m1/s1. The van der Waals surface area contributed by atoms with Crippen LogP contribution in [0.15, 0.2) is 30.3 Å². The van der Waals surface area contributed by atoms with Gasteiger partial charge in [-0.3, -0.25) is 10.1 Å². The van der Waals surface area contributed by atoms with Gasteiger partial charge in [-0.25, -0.2) is 0 Å². The van der Waals surface area contributed by atoms with Crippen LogP contribution in [-0.2, 0) is 11.2 Å². The molecule has 1 fully saturated rings. The third-order valence-electron chi connectivity index (χ3n) is 2.92. The van der Waals surface area contributed by atoms with Crippen LogP contribution in [0, 0.1) is 0 Å². The molecule has 1 saturated heterocycles. The van der Waals surface area contributed by atoms with E-state index in [0.717, 1.165) is 17.2 Å². The number of thioether (sulfide) groups is 1. The van der Waals surface area contributed by atoms with E-state index in [0.29, 0.717) is 6.42 Å². The Morgan fingerprint density at radius 1 is 1.50 bits per heavy atom. The van der Waals surface area contributed by atoms with Crippen molar-refractivity contribution in [3.63, 3.8) is 0 Å². The summed E-state index contributed by atoms with van der Waals surface area (Å²) in [6.45, 7) is -0.0412. The molecular weight excluding hydrogens is 248 g/mol. The first kappa shape index (κ1) is 13.4. The first-order valence-electron chi connectivity index (χ1n) is 6.06. The molecule has 1 unspecified atom stereocenters. The second kappa shape index (κ2) is 6.78. The molecule has 1 aliphatic heterocycles. The molecular formula is C13H18N2O2S. The van der Waals surface area contributed by atoms with Gasteiger partial charge in [-0.05, 0) is 12.0 Å². The van der Waals surface area contributed by atoms with Gasteiger partial charge in [0.2, 0.25) is 5.91 Å². The van der Waals surface area contributed by atoms with E-state index in [1.165, 1.54) is 0 Å². The van der Waals surface area contributed by atoms with Crippen LogP contribution in [-0.4, -0.2) is 41.3 Å². The smallest absolute Gasteiger partial charge is 0.238 e. The van der Waals surface area contributed by atoms with E-state index in [4.69, 9.17) is 0 Å². The molecule has 2 atom stereocenters. The fourth-order valence-corrected chi connectivity index (χ4v) is 2.87. The number of aliphatic hydroxyl groups excluding tert-OH is 1. The number of carbonyl (C=O) groups excluding carboxylic acids is 1. The molecule has 3 N–H and O–H groups in total. The number of hydrogen-bond donors (Lipinski definition) is 3. The largest absolute Gasteiger partial charge is 0.394 e. The molecule has 18 heavy (non-hydrogen) atoms. The van der Waals surface area contributed by atoms with Crippen molar-refractivity contribution in [2.75, 3.05) is 18.2 Å². The molecule has 1 aliphatic rings. The molecule has 0 bridgehead atoms. The van der Waals surface area contributed by atoms with E-state index in [9.17, 15) is 9.90 Å². The minimum absolute atomic E-state index is 0.0185. The number of rotatable bonds is 5. The van der Waals surface area contributed by atoms with Crippen molar-refractivity contribution in [3.05, 3.63) is 35.9 Å². The summed E-state index contributed by atoms with van der Waals surface area (Å²) in [5, 5.41) is 15.4. The van der Waals surface area contributed by atoms with Crippen LogP contribution in [0.2, 0.25) is 0 Å². The summed E-state index contributed by atoms with van der Waals surface area (Å²) in [6, 6.07) is 9.53. The van der Waals surface area contributed by atoms with Gasteiger partial charge in [-0.2, -0.15) is 0 Å². The van der Waals surface area contributed by atoms with Crippen LogP contribution in [0.1, 0.15) is 5.56 Å². The molecule has 0 radical (unpaired) electrons. The predicted molar refractivity (Wildman–Crippen MR) is 73.4 cm³/mol. The van der Waals surface area contributed by atoms with E-state index in [1.807, 2.05) is 30.3 Å². The Kier molecular flexibility index (Phi) is 5.04. The van der Waals surface area contributed by atoms with Crippen LogP contribution in [0.4, 0.5) is 0 Å². The number of nitrogens with one attached hydrogen (secondary N) is 2. The van der Waals surface area contributed by atoms with Gasteiger partial charge in [0.05, 0.1) is 18.7 Å². The summed E-state index contributed by atoms with van der Waals surface area (Å²) < 4.78 is 0. The molecule has 4 nitrogen and oxygen atoms in total. The Morgan fingerprint density at radius 2 is 2.28 bits per heavy atom. The molecule has 1 heterocycles. The predicted octanol–water partition coefficient (Wildman–Crippen LogP) is 0.369. The molecule has 0 spiro atoms. The Balaban J connectivity index is 1.87. The Morgan fingerprint density at radius 3 is 2.89 bits per heavy atom. The molecule has 0 aromatic heterocycles. The molecule has 2 rings (SSSR count). The Bertz CT molecular complexity index is 380. The van der Waals surface area contributed by atoms with Crippen LogP contribution in [0.5, 0.6) is 0 Å². The molecule has 5 heteroatoms. The first-order valence-corrected chi connectivity index (χ1v) is 7.21. The van der Waals surface area contributed by atoms with Crippen molar-refractivity contribution in [3.8, 4) is 0 Å². The SMILES string of the molecule is O=C(N[C@@H](CO)Cc1ccccc1)C1CSCN1. The first-order chi connectivity index (χ1) is 8.79. The van der Waals surface area contributed by atoms with E-state index >= 15 is 0 Å². The maximum absolute atomic E-state index is 11.9.